The van der Waals surface area contributed by atoms with Gasteiger partial charge in [-0.1, -0.05) is 71.1 Å². The van der Waals surface area contributed by atoms with Gasteiger partial charge in [-0.15, -0.1) is 0 Å². The number of hydrogen-bond acceptors (Lipinski definition) is 8. The van der Waals surface area contributed by atoms with E-state index in [0.29, 0.717) is 23.9 Å². The average Bonchev–Trinajstić information content (AvgIpc) is 2.86. The lowest BCUT2D eigenvalue weighted by atomic mass is 9.92. The van der Waals surface area contributed by atoms with Crippen molar-refractivity contribution in [1.82, 2.24) is 0 Å². The van der Waals surface area contributed by atoms with E-state index in [4.69, 9.17) is 4.74 Å². The Labute approximate surface area is 231 Å². The molecule has 1 saturated heterocycles. The molecule has 1 unspecified atom stereocenters. The van der Waals surface area contributed by atoms with Crippen molar-refractivity contribution >= 4 is 10.1 Å². The number of nitrogens with zero attached hydrogens (tertiary/aromatic N) is 1. The maximum Gasteiger partial charge on any atom is 0.111 e. The molecular weight excluding hydrogens is 510 g/mol. The summed E-state index contributed by atoms with van der Waals surface area (Å²) in [5.41, 5.74) is 0. The lowest BCUT2D eigenvalue weighted by Crippen LogP contribution is -2.58. The fourth-order valence-corrected chi connectivity index (χ4v) is 6.03. The number of aliphatic hydroxyl groups excluding tert-OH is 4. The first-order valence-corrected chi connectivity index (χ1v) is 16.7. The summed E-state index contributed by atoms with van der Waals surface area (Å²) >= 11 is 0. The molecule has 1 fully saturated rings. The Hall–Kier alpha value is -0.330. The molecule has 0 spiro atoms. The van der Waals surface area contributed by atoms with Gasteiger partial charge in [0.2, 0.25) is 0 Å². The summed E-state index contributed by atoms with van der Waals surface area (Å²) in [4.78, 5) is 0. The Bertz CT molecular complexity index is 692. The molecule has 0 aliphatic carbocycles. The van der Waals surface area contributed by atoms with Crippen LogP contribution in [0.25, 0.3) is 0 Å². The zero-order valence-electron chi connectivity index (χ0n) is 24.0. The lowest BCUT2D eigenvalue weighted by molar-refractivity contribution is -0.910. The first-order chi connectivity index (χ1) is 18.0. The summed E-state index contributed by atoms with van der Waals surface area (Å²) in [5.74, 6) is -0.343. The summed E-state index contributed by atoms with van der Waals surface area (Å²) in [6, 6.07) is 0. The van der Waals surface area contributed by atoms with Gasteiger partial charge in [-0.3, -0.25) is 0 Å². The van der Waals surface area contributed by atoms with Crippen LogP contribution >= 0.6 is 0 Å². The first-order valence-electron chi connectivity index (χ1n) is 15.1. The van der Waals surface area contributed by atoms with Gasteiger partial charge in [-0.2, -0.15) is 0 Å². The van der Waals surface area contributed by atoms with Crippen molar-refractivity contribution in [2.75, 3.05) is 39.0 Å². The van der Waals surface area contributed by atoms with Gasteiger partial charge >= 0.3 is 0 Å². The average molecular weight is 568 g/mol. The molecule has 4 N–H and O–H groups in total. The van der Waals surface area contributed by atoms with Crippen LogP contribution in [-0.2, 0) is 14.9 Å². The van der Waals surface area contributed by atoms with Crippen molar-refractivity contribution in [2.45, 2.75) is 140 Å². The molecule has 0 aromatic carbocycles. The Morgan fingerprint density at radius 3 is 1.63 bits per heavy atom. The zero-order valence-corrected chi connectivity index (χ0v) is 24.8. The maximum atomic E-state index is 11.1. The number of unbranched alkanes of at least 4 members (excludes halogenated alkanes) is 12. The largest absolute Gasteiger partial charge is 0.748 e. The summed E-state index contributed by atoms with van der Waals surface area (Å²) in [7, 11) is -2.11. The van der Waals surface area contributed by atoms with Crippen LogP contribution in [0.5, 0.6) is 0 Å². The summed E-state index contributed by atoms with van der Waals surface area (Å²) in [5, 5.41) is 39.5. The van der Waals surface area contributed by atoms with Gasteiger partial charge in [0, 0.05) is 12.2 Å². The van der Waals surface area contributed by atoms with Crippen LogP contribution in [0.2, 0.25) is 0 Å². The lowest BCUT2D eigenvalue weighted by Gasteiger charge is -2.40. The van der Waals surface area contributed by atoms with E-state index in [-0.39, 0.29) is 5.75 Å². The highest BCUT2D eigenvalue weighted by Gasteiger charge is 2.42. The Morgan fingerprint density at radius 2 is 1.13 bits per heavy atom. The topological polar surface area (TPSA) is 147 Å². The molecule has 0 saturated carbocycles. The van der Waals surface area contributed by atoms with Crippen molar-refractivity contribution in [1.29, 1.82) is 0 Å². The van der Waals surface area contributed by atoms with Crippen molar-refractivity contribution in [3.63, 3.8) is 0 Å². The normalized spacial score (nSPS) is 25.9. The van der Waals surface area contributed by atoms with Gasteiger partial charge < -0.3 is 34.2 Å². The third-order valence-electron chi connectivity index (χ3n) is 8.07. The molecule has 10 heteroatoms. The minimum absolute atomic E-state index is 0.341. The van der Waals surface area contributed by atoms with Gasteiger partial charge in [-0.05, 0) is 32.1 Å². The highest BCUT2D eigenvalue weighted by Crippen LogP contribution is 2.25. The Balaban J connectivity index is 2.37. The molecule has 0 amide bonds. The van der Waals surface area contributed by atoms with E-state index in [1.165, 1.54) is 64.2 Å². The number of ether oxygens (including phenoxy) is 1. The molecule has 9 nitrogen and oxygen atoms in total. The van der Waals surface area contributed by atoms with E-state index >= 15 is 0 Å². The summed E-state index contributed by atoms with van der Waals surface area (Å²) < 4.78 is 39.6. The molecule has 0 bridgehead atoms. The van der Waals surface area contributed by atoms with Gasteiger partial charge in [0.05, 0.1) is 49.5 Å². The van der Waals surface area contributed by atoms with Crippen LogP contribution in [0.15, 0.2) is 0 Å². The summed E-state index contributed by atoms with van der Waals surface area (Å²) in [6.45, 7) is 4.18. The number of hydrogen-bond donors (Lipinski definition) is 4. The predicted octanol–water partition coefficient (Wildman–Crippen LogP) is 3.08. The molecule has 1 heterocycles. The smallest absolute Gasteiger partial charge is 0.111 e. The van der Waals surface area contributed by atoms with Crippen LogP contribution < -0.4 is 0 Å². The Kier molecular flexibility index (Phi) is 18.5. The quantitative estimate of drug-likeness (QED) is 0.0837. The molecular formula is C28H57NO8S. The van der Waals surface area contributed by atoms with Gasteiger partial charge in [0.25, 0.3) is 0 Å². The van der Waals surface area contributed by atoms with Gasteiger partial charge in [0.15, 0.2) is 0 Å². The molecule has 6 atom stereocenters. The highest BCUT2D eigenvalue weighted by atomic mass is 32.2. The second-order valence-corrected chi connectivity index (χ2v) is 13.2. The first kappa shape index (κ1) is 35.7. The van der Waals surface area contributed by atoms with Gasteiger partial charge in [0.1, 0.15) is 24.4 Å². The van der Waals surface area contributed by atoms with Crippen molar-refractivity contribution < 1.29 is 42.6 Å². The maximum absolute atomic E-state index is 11.1. The van der Waals surface area contributed by atoms with E-state index in [9.17, 15) is 33.4 Å². The van der Waals surface area contributed by atoms with Crippen LogP contribution in [0.1, 0.15) is 110 Å². The number of quaternary nitrogens is 1. The molecule has 1 aliphatic rings. The van der Waals surface area contributed by atoms with E-state index < -0.39 is 47.2 Å². The summed E-state index contributed by atoms with van der Waals surface area (Å²) in [6.07, 6.45) is 12.2. The Morgan fingerprint density at radius 1 is 0.684 bits per heavy atom. The van der Waals surface area contributed by atoms with Crippen LogP contribution in [0.4, 0.5) is 0 Å². The minimum atomic E-state index is -4.23. The van der Waals surface area contributed by atoms with E-state index in [0.717, 1.165) is 38.8 Å². The van der Waals surface area contributed by atoms with Crippen LogP contribution in [0.3, 0.4) is 0 Å². The van der Waals surface area contributed by atoms with E-state index in [2.05, 4.69) is 14.0 Å². The standard InChI is InChI=1S/C28H57NO8S/c1-3-4-5-6-7-8-9-10-11-12-13-15-19-29(2,21-17-22-38(34,35)36)20-16-14-18-24-26(31)28(33)27(32)25(23-30)37-24/h24-28,30-33H,3-23H2,1-2H3/t24-,25+,26-,27+,28+,29?/m0/s1. The zero-order chi connectivity index (χ0) is 28.4. The van der Waals surface area contributed by atoms with Crippen molar-refractivity contribution in [3.05, 3.63) is 0 Å². The van der Waals surface area contributed by atoms with E-state index in [1.807, 2.05) is 0 Å². The second kappa shape index (κ2) is 19.7. The number of rotatable bonds is 23. The second-order valence-electron chi connectivity index (χ2n) is 11.7. The molecule has 38 heavy (non-hydrogen) atoms. The third-order valence-corrected chi connectivity index (χ3v) is 8.86. The van der Waals surface area contributed by atoms with Crippen LogP contribution in [-0.4, -0.2) is 107 Å². The minimum Gasteiger partial charge on any atom is -0.748 e. The molecule has 228 valence electrons. The van der Waals surface area contributed by atoms with Crippen LogP contribution in [0, 0.1) is 0 Å². The molecule has 1 aliphatic heterocycles. The van der Waals surface area contributed by atoms with Crippen molar-refractivity contribution in [3.8, 4) is 0 Å². The fraction of sp³-hybridized carbons (Fsp3) is 1.00. The van der Waals surface area contributed by atoms with Gasteiger partial charge in [-0.25, -0.2) is 8.42 Å². The molecule has 0 radical (unpaired) electrons. The molecule has 0 aromatic heterocycles. The SMILES string of the molecule is CCCCCCCCCCCCCC[N+](C)(CCCC[C@@H]1O[C@H](CO)[C@@H](O)[C@H](O)[C@H]1O)CCCS(=O)(=O)[O-]. The third kappa shape index (κ3) is 15.5. The monoisotopic (exact) mass is 567 g/mol. The van der Waals surface area contributed by atoms with Crippen molar-refractivity contribution in [2.24, 2.45) is 0 Å². The fourth-order valence-electron chi connectivity index (χ4n) is 5.55. The predicted molar refractivity (Wildman–Crippen MR) is 149 cm³/mol. The highest BCUT2D eigenvalue weighted by molar-refractivity contribution is 7.85. The molecule has 0 aromatic rings. The number of aliphatic hydroxyl groups is 4. The molecule has 1 rings (SSSR count). The van der Waals surface area contributed by atoms with E-state index in [1.54, 1.807) is 0 Å².